The summed E-state index contributed by atoms with van der Waals surface area (Å²) in [5.74, 6) is -1.52. The highest BCUT2D eigenvalue weighted by Crippen LogP contribution is 2.41. The van der Waals surface area contributed by atoms with Gasteiger partial charge in [-0.3, -0.25) is 4.79 Å². The zero-order valence-corrected chi connectivity index (χ0v) is 26.6. The Labute approximate surface area is 273 Å². The van der Waals surface area contributed by atoms with Crippen LogP contribution < -0.4 is 10.1 Å². The molecular formula is C34H30Cl2F2N4O4. The van der Waals surface area contributed by atoms with E-state index >= 15 is 4.39 Å². The smallest absolute Gasteiger partial charge is 0.251 e. The number of aliphatic hydroxyl groups is 2. The number of pyridine rings is 2. The van der Waals surface area contributed by atoms with Crippen LogP contribution in [0.25, 0.3) is 16.8 Å². The standard InChI is InChI=1S/C34H30Cl2F2N4O4/c1-33(2,44)23-16-26(40-31(30(23)38)22-11-12-24(37)29(36)28(22)35)34(45,20-7-5-4-6-8-20)17-39-32(43)19-13-21-15-25(18-9-10-18)41-42(21)27(14-19)46-3/h4-8,11-16,18,44-45H,9-10,17H2,1-3H3,(H,39,43)/t34-/m1/s1. The lowest BCUT2D eigenvalue weighted by molar-refractivity contribution is 0.0625. The van der Waals surface area contributed by atoms with Crippen molar-refractivity contribution in [1.82, 2.24) is 19.9 Å². The molecule has 0 unspecified atom stereocenters. The monoisotopic (exact) mass is 666 g/mol. The van der Waals surface area contributed by atoms with E-state index in [2.05, 4.69) is 15.4 Å². The summed E-state index contributed by atoms with van der Waals surface area (Å²) in [5.41, 5.74) is -2.34. The minimum atomic E-state index is -2.04. The van der Waals surface area contributed by atoms with Crippen molar-refractivity contribution in [3.05, 3.63) is 116 Å². The fraction of sp³-hybridized carbons (Fsp3) is 0.265. The first-order valence-electron chi connectivity index (χ1n) is 14.5. The van der Waals surface area contributed by atoms with Crippen molar-refractivity contribution < 1.29 is 28.5 Å². The van der Waals surface area contributed by atoms with Crippen molar-refractivity contribution >= 4 is 34.6 Å². The number of methoxy groups -OCH3 is 1. The van der Waals surface area contributed by atoms with Crippen molar-refractivity contribution in [3.63, 3.8) is 0 Å². The van der Waals surface area contributed by atoms with Crippen LogP contribution in [0.1, 0.15) is 65.5 Å². The van der Waals surface area contributed by atoms with Gasteiger partial charge in [0.05, 0.1) is 46.2 Å². The average molecular weight is 668 g/mol. The van der Waals surface area contributed by atoms with Crippen molar-refractivity contribution in [2.45, 2.75) is 43.8 Å². The second-order valence-corrected chi connectivity index (χ2v) is 12.6. The van der Waals surface area contributed by atoms with Gasteiger partial charge in [0.25, 0.3) is 5.91 Å². The molecule has 46 heavy (non-hydrogen) atoms. The molecule has 12 heteroatoms. The number of halogens is 4. The largest absolute Gasteiger partial charge is 0.481 e. The van der Waals surface area contributed by atoms with Crippen molar-refractivity contribution in [2.24, 2.45) is 0 Å². The number of carbonyl (C=O) groups excluding carboxylic acids is 1. The van der Waals surface area contributed by atoms with Gasteiger partial charge in [0.15, 0.2) is 5.82 Å². The number of ether oxygens (including phenoxy) is 1. The second kappa shape index (κ2) is 11.9. The molecule has 2 aromatic carbocycles. The van der Waals surface area contributed by atoms with Gasteiger partial charge in [0.1, 0.15) is 17.1 Å². The van der Waals surface area contributed by atoms with Gasteiger partial charge in [0, 0.05) is 28.7 Å². The first kappa shape index (κ1) is 31.9. The maximum atomic E-state index is 16.0. The number of hydrogen-bond donors (Lipinski definition) is 3. The summed E-state index contributed by atoms with van der Waals surface area (Å²) < 4.78 is 37.3. The van der Waals surface area contributed by atoms with E-state index in [1.54, 1.807) is 47.0 Å². The van der Waals surface area contributed by atoms with Gasteiger partial charge in [-0.25, -0.2) is 18.3 Å². The maximum absolute atomic E-state index is 16.0. The van der Waals surface area contributed by atoms with E-state index in [4.69, 9.17) is 27.9 Å². The van der Waals surface area contributed by atoms with E-state index in [1.807, 2.05) is 6.07 Å². The summed E-state index contributed by atoms with van der Waals surface area (Å²) in [6.07, 6.45) is 2.12. The molecule has 1 fully saturated rings. The Morgan fingerprint density at radius 2 is 1.76 bits per heavy atom. The lowest BCUT2D eigenvalue weighted by atomic mass is 9.86. The molecule has 238 valence electrons. The number of nitrogens with one attached hydrogen (secondary N) is 1. The first-order valence-corrected chi connectivity index (χ1v) is 15.3. The van der Waals surface area contributed by atoms with E-state index in [1.165, 1.54) is 33.1 Å². The van der Waals surface area contributed by atoms with Crippen LogP contribution >= 0.6 is 23.2 Å². The van der Waals surface area contributed by atoms with Crippen molar-refractivity contribution in [2.75, 3.05) is 13.7 Å². The number of aromatic nitrogens is 3. The van der Waals surface area contributed by atoms with E-state index in [9.17, 15) is 19.4 Å². The molecule has 8 nitrogen and oxygen atoms in total. The molecule has 5 aromatic rings. The molecule has 0 bridgehead atoms. The quantitative estimate of drug-likeness (QED) is 0.150. The fourth-order valence-corrected chi connectivity index (χ4v) is 5.79. The van der Waals surface area contributed by atoms with Gasteiger partial charge in [0.2, 0.25) is 5.88 Å². The molecule has 0 aliphatic heterocycles. The Hall–Kier alpha value is -4.09. The Morgan fingerprint density at radius 3 is 2.41 bits per heavy atom. The molecule has 0 saturated heterocycles. The Morgan fingerprint density at radius 1 is 1.04 bits per heavy atom. The number of amides is 1. The fourth-order valence-electron chi connectivity index (χ4n) is 5.38. The molecule has 1 aliphatic rings. The third kappa shape index (κ3) is 5.82. The van der Waals surface area contributed by atoms with Crippen LogP contribution in [0.5, 0.6) is 5.88 Å². The summed E-state index contributed by atoms with van der Waals surface area (Å²) >= 11 is 12.4. The highest BCUT2D eigenvalue weighted by atomic mass is 35.5. The molecule has 6 rings (SSSR count). The van der Waals surface area contributed by atoms with E-state index in [0.717, 1.165) is 24.6 Å². The molecule has 0 radical (unpaired) electrons. The minimum Gasteiger partial charge on any atom is -0.481 e. The summed E-state index contributed by atoms with van der Waals surface area (Å²) in [6.45, 7) is 2.34. The number of carbonyl (C=O) groups is 1. The van der Waals surface area contributed by atoms with Crippen LogP contribution in [-0.4, -0.2) is 44.4 Å². The zero-order chi connectivity index (χ0) is 33.0. The lowest BCUT2D eigenvalue weighted by Gasteiger charge is -2.31. The minimum absolute atomic E-state index is 0.0517. The average Bonchev–Trinajstić information content (AvgIpc) is 3.80. The molecular weight excluding hydrogens is 637 g/mol. The van der Waals surface area contributed by atoms with E-state index < -0.39 is 40.3 Å². The van der Waals surface area contributed by atoms with Gasteiger partial charge in [-0.1, -0.05) is 53.5 Å². The predicted octanol–water partition coefficient (Wildman–Crippen LogP) is 6.76. The summed E-state index contributed by atoms with van der Waals surface area (Å²) in [6, 6.07) is 17.0. The maximum Gasteiger partial charge on any atom is 0.251 e. The third-order valence-electron chi connectivity index (χ3n) is 8.10. The second-order valence-electron chi connectivity index (χ2n) is 11.9. The summed E-state index contributed by atoms with van der Waals surface area (Å²) in [5, 5.41) is 30.0. The molecule has 0 spiro atoms. The Kier molecular flexibility index (Phi) is 8.27. The van der Waals surface area contributed by atoms with E-state index in [-0.39, 0.29) is 33.1 Å². The van der Waals surface area contributed by atoms with Gasteiger partial charge in [-0.2, -0.15) is 5.10 Å². The SMILES string of the molecule is COc1cc(C(=O)NC[C@@](O)(c2ccccc2)c2cc(C(C)(C)O)c(F)c(-c3ccc(F)c(Cl)c3Cl)n2)cc2cc(C3CC3)nn12. The van der Waals surface area contributed by atoms with Crippen LogP contribution in [0.4, 0.5) is 8.78 Å². The third-order valence-corrected chi connectivity index (χ3v) is 8.96. The molecule has 1 amide bonds. The number of fused-ring (bicyclic) bond motifs is 1. The highest BCUT2D eigenvalue weighted by Gasteiger charge is 2.38. The molecule has 3 aromatic heterocycles. The molecule has 3 N–H and O–H groups in total. The van der Waals surface area contributed by atoms with Crippen LogP contribution in [0.3, 0.4) is 0 Å². The van der Waals surface area contributed by atoms with Crippen molar-refractivity contribution in [1.29, 1.82) is 0 Å². The molecule has 1 atom stereocenters. The topological polar surface area (TPSA) is 109 Å². The number of nitrogens with zero attached hydrogens (tertiary/aromatic N) is 3. The Bertz CT molecular complexity index is 1980. The molecule has 3 heterocycles. The van der Waals surface area contributed by atoms with Gasteiger partial charge < -0.3 is 20.3 Å². The zero-order valence-electron chi connectivity index (χ0n) is 25.1. The number of rotatable bonds is 9. The summed E-state index contributed by atoms with van der Waals surface area (Å²) in [4.78, 5) is 18.1. The molecule has 1 saturated carbocycles. The van der Waals surface area contributed by atoms with Gasteiger partial charge in [-0.05, 0) is 62.6 Å². The lowest BCUT2D eigenvalue weighted by Crippen LogP contribution is -2.42. The first-order chi connectivity index (χ1) is 21.8. The van der Waals surface area contributed by atoms with Gasteiger partial charge >= 0.3 is 0 Å². The van der Waals surface area contributed by atoms with Gasteiger partial charge in [-0.15, -0.1) is 0 Å². The van der Waals surface area contributed by atoms with Crippen molar-refractivity contribution in [3.8, 4) is 17.1 Å². The normalized spacial score (nSPS) is 14.7. The Balaban J connectivity index is 1.44. The van der Waals surface area contributed by atoms with Crippen LogP contribution in [0.2, 0.25) is 10.0 Å². The van der Waals surface area contributed by atoms with Crippen LogP contribution in [-0.2, 0) is 11.2 Å². The van der Waals surface area contributed by atoms with Crippen LogP contribution in [0.15, 0.2) is 66.7 Å². The van der Waals surface area contributed by atoms with Crippen LogP contribution in [0, 0.1) is 11.6 Å². The predicted molar refractivity (Wildman–Crippen MR) is 170 cm³/mol. The number of benzene rings is 2. The number of hydrogen-bond acceptors (Lipinski definition) is 6. The summed E-state index contributed by atoms with van der Waals surface area (Å²) in [7, 11) is 1.49. The molecule has 1 aliphatic carbocycles. The van der Waals surface area contributed by atoms with E-state index in [0.29, 0.717) is 22.9 Å². The highest BCUT2D eigenvalue weighted by molar-refractivity contribution is 6.43.